The number of anilines is 1. The number of para-hydroxylation sites is 1. The maximum absolute atomic E-state index is 12.7. The van der Waals surface area contributed by atoms with Crippen molar-refractivity contribution in [3.8, 4) is 0 Å². The van der Waals surface area contributed by atoms with Crippen molar-refractivity contribution >= 4 is 29.3 Å². The summed E-state index contributed by atoms with van der Waals surface area (Å²) in [5.74, 6) is 0.525. The lowest BCUT2D eigenvalue weighted by Gasteiger charge is -2.18. The highest BCUT2D eigenvalue weighted by Gasteiger charge is 2.21. The van der Waals surface area contributed by atoms with Crippen molar-refractivity contribution in [2.75, 3.05) is 5.32 Å². The second-order valence-electron chi connectivity index (χ2n) is 6.87. The zero-order chi connectivity index (χ0) is 20.1. The number of hydrogen-bond acceptors (Lipinski definition) is 5. The number of primary amides is 1. The molecule has 27 heavy (non-hydrogen) atoms. The molecule has 1 heterocycles. The molecule has 0 saturated heterocycles. The van der Waals surface area contributed by atoms with Gasteiger partial charge in [-0.2, -0.15) is 0 Å². The summed E-state index contributed by atoms with van der Waals surface area (Å²) in [5.41, 5.74) is 8.22. The summed E-state index contributed by atoms with van der Waals surface area (Å²) in [6.45, 7) is 8.05. The number of nitrogens with two attached hydrogens (primary N) is 1. The Morgan fingerprint density at radius 2 is 1.96 bits per heavy atom. The largest absolute Gasteiger partial charge is 0.370 e. The first kappa shape index (κ1) is 21.0. The number of carbonyl (C=O) groups is 2. The monoisotopic (exact) mass is 389 g/mol. The van der Waals surface area contributed by atoms with E-state index in [4.69, 9.17) is 5.73 Å². The van der Waals surface area contributed by atoms with Crippen LogP contribution in [0, 0.1) is 6.92 Å². The molecule has 2 rings (SSSR count). The van der Waals surface area contributed by atoms with E-state index in [2.05, 4.69) is 29.4 Å². The lowest BCUT2D eigenvalue weighted by molar-refractivity contribution is -0.118. The van der Waals surface area contributed by atoms with Crippen molar-refractivity contribution in [2.24, 2.45) is 12.8 Å². The van der Waals surface area contributed by atoms with Crippen LogP contribution in [0.1, 0.15) is 50.1 Å². The minimum Gasteiger partial charge on any atom is -0.370 e. The van der Waals surface area contributed by atoms with Crippen molar-refractivity contribution < 1.29 is 9.59 Å². The van der Waals surface area contributed by atoms with Crippen LogP contribution in [0.15, 0.2) is 23.4 Å². The molecule has 146 valence electrons. The molecule has 0 aliphatic carbocycles. The molecular formula is C19H27N5O2S. The first-order valence-corrected chi connectivity index (χ1v) is 9.82. The molecule has 2 amide bonds. The summed E-state index contributed by atoms with van der Waals surface area (Å²) in [7, 11) is 1.82. The average Bonchev–Trinajstić information content (AvgIpc) is 2.94. The van der Waals surface area contributed by atoms with Crippen molar-refractivity contribution in [3.05, 3.63) is 35.2 Å². The Hall–Kier alpha value is -2.35. The van der Waals surface area contributed by atoms with Gasteiger partial charge in [0.25, 0.3) is 0 Å². The van der Waals surface area contributed by atoms with E-state index in [1.807, 2.05) is 39.1 Å². The molecule has 0 aliphatic heterocycles. The van der Waals surface area contributed by atoms with E-state index >= 15 is 0 Å². The van der Waals surface area contributed by atoms with Gasteiger partial charge in [-0.25, -0.2) is 0 Å². The Morgan fingerprint density at radius 3 is 2.59 bits per heavy atom. The molecule has 0 bridgehead atoms. The van der Waals surface area contributed by atoms with Gasteiger partial charge in [-0.05, 0) is 30.9 Å². The third kappa shape index (κ3) is 5.32. The molecule has 0 spiro atoms. The third-order valence-corrected chi connectivity index (χ3v) is 5.48. The summed E-state index contributed by atoms with van der Waals surface area (Å²) < 4.78 is 1.80. The summed E-state index contributed by atoms with van der Waals surface area (Å²) >= 11 is 1.33. The molecule has 0 radical (unpaired) electrons. The smallest absolute Gasteiger partial charge is 0.237 e. The molecule has 3 N–H and O–H groups in total. The minimum absolute atomic E-state index is 0.0853. The van der Waals surface area contributed by atoms with Gasteiger partial charge in [-0.1, -0.05) is 43.8 Å². The number of rotatable bonds is 8. The topological polar surface area (TPSA) is 103 Å². The van der Waals surface area contributed by atoms with Crippen LogP contribution in [0.25, 0.3) is 0 Å². The highest BCUT2D eigenvalue weighted by atomic mass is 32.2. The lowest BCUT2D eigenvalue weighted by atomic mass is 9.98. The number of nitrogens with one attached hydrogen (secondary N) is 1. The summed E-state index contributed by atoms with van der Waals surface area (Å²) in [6, 6.07) is 6.04. The molecule has 0 unspecified atom stereocenters. The zero-order valence-electron chi connectivity index (χ0n) is 16.4. The van der Waals surface area contributed by atoms with Gasteiger partial charge in [0.2, 0.25) is 11.8 Å². The van der Waals surface area contributed by atoms with Crippen molar-refractivity contribution in [1.82, 2.24) is 14.8 Å². The molecule has 8 heteroatoms. The van der Waals surface area contributed by atoms with Gasteiger partial charge >= 0.3 is 0 Å². The predicted molar refractivity (Wildman–Crippen MR) is 108 cm³/mol. The first-order chi connectivity index (χ1) is 12.7. The molecule has 1 aromatic heterocycles. The third-order valence-electron chi connectivity index (χ3n) is 4.35. The number of carbonyl (C=O) groups excluding carboxylic acids is 2. The number of thioether (sulfide) groups is 1. The second-order valence-corrected chi connectivity index (χ2v) is 8.18. The van der Waals surface area contributed by atoms with Crippen LogP contribution >= 0.6 is 11.8 Å². The van der Waals surface area contributed by atoms with Crippen molar-refractivity contribution in [3.63, 3.8) is 0 Å². The average molecular weight is 390 g/mol. The standard InChI is InChI=1S/C19H27N5O2S/c1-11(2)14-8-6-7-12(3)17(14)21-18(26)13(4)27-19-23-22-16(24(19)5)10-9-15(20)25/h6-8,11,13H,9-10H2,1-5H3,(H2,20,25)(H,21,26)/t13-/m0/s1. The Morgan fingerprint density at radius 1 is 1.26 bits per heavy atom. The Kier molecular flexibility index (Phi) is 7.01. The number of nitrogens with zero attached hydrogens (tertiary/aromatic N) is 3. The highest BCUT2D eigenvalue weighted by molar-refractivity contribution is 8.00. The Bertz CT molecular complexity index is 832. The highest BCUT2D eigenvalue weighted by Crippen LogP contribution is 2.29. The summed E-state index contributed by atoms with van der Waals surface area (Å²) in [5, 5.41) is 11.6. The van der Waals surface area contributed by atoms with Crippen LogP contribution in [0.2, 0.25) is 0 Å². The molecule has 1 aromatic carbocycles. The molecule has 0 aliphatic rings. The fourth-order valence-electron chi connectivity index (χ4n) is 2.68. The van der Waals surface area contributed by atoms with Crippen LogP contribution in [0.3, 0.4) is 0 Å². The number of hydrogen-bond donors (Lipinski definition) is 2. The van der Waals surface area contributed by atoms with Gasteiger partial charge < -0.3 is 15.6 Å². The van der Waals surface area contributed by atoms with Crippen LogP contribution in [-0.4, -0.2) is 31.8 Å². The summed E-state index contributed by atoms with van der Waals surface area (Å²) in [4.78, 5) is 23.7. The SMILES string of the molecule is Cc1cccc(C(C)C)c1NC(=O)[C@H](C)Sc1nnc(CCC(N)=O)n1C. The van der Waals surface area contributed by atoms with Crippen LogP contribution in [-0.2, 0) is 23.1 Å². The Labute approximate surface area is 164 Å². The van der Waals surface area contributed by atoms with Crippen molar-refractivity contribution in [2.45, 2.75) is 56.9 Å². The lowest BCUT2D eigenvalue weighted by Crippen LogP contribution is -2.24. The van der Waals surface area contributed by atoms with E-state index in [9.17, 15) is 9.59 Å². The number of amides is 2. The Balaban J connectivity index is 2.08. The van der Waals surface area contributed by atoms with Gasteiger partial charge in [-0.3, -0.25) is 9.59 Å². The van der Waals surface area contributed by atoms with Gasteiger partial charge in [0.1, 0.15) is 5.82 Å². The normalized spacial score (nSPS) is 12.2. The quantitative estimate of drug-likeness (QED) is 0.676. The van der Waals surface area contributed by atoms with Gasteiger partial charge in [0.05, 0.1) is 5.25 Å². The number of aryl methyl sites for hydroxylation is 2. The van der Waals surface area contributed by atoms with Gasteiger partial charge in [0.15, 0.2) is 5.16 Å². The molecule has 7 nitrogen and oxygen atoms in total. The maximum Gasteiger partial charge on any atom is 0.237 e. The maximum atomic E-state index is 12.7. The molecule has 0 fully saturated rings. The van der Waals surface area contributed by atoms with Crippen LogP contribution < -0.4 is 11.1 Å². The van der Waals surface area contributed by atoms with Crippen LogP contribution in [0.5, 0.6) is 0 Å². The molecule has 2 aromatic rings. The van der Waals surface area contributed by atoms with E-state index in [1.54, 1.807) is 4.57 Å². The van der Waals surface area contributed by atoms with E-state index in [0.29, 0.717) is 23.3 Å². The second kappa shape index (κ2) is 9.03. The van der Waals surface area contributed by atoms with E-state index in [1.165, 1.54) is 11.8 Å². The minimum atomic E-state index is -0.376. The van der Waals surface area contributed by atoms with E-state index in [0.717, 1.165) is 16.8 Å². The summed E-state index contributed by atoms with van der Waals surface area (Å²) in [6.07, 6.45) is 0.652. The fraction of sp³-hybridized carbons (Fsp3) is 0.474. The van der Waals surface area contributed by atoms with Crippen molar-refractivity contribution in [1.29, 1.82) is 0 Å². The van der Waals surface area contributed by atoms with E-state index < -0.39 is 0 Å². The van der Waals surface area contributed by atoms with E-state index in [-0.39, 0.29) is 23.5 Å². The molecule has 1 atom stereocenters. The van der Waals surface area contributed by atoms with Gasteiger partial charge in [-0.15, -0.1) is 10.2 Å². The first-order valence-electron chi connectivity index (χ1n) is 8.94. The van der Waals surface area contributed by atoms with Crippen LogP contribution in [0.4, 0.5) is 5.69 Å². The predicted octanol–water partition coefficient (Wildman–Crippen LogP) is 2.78. The zero-order valence-corrected chi connectivity index (χ0v) is 17.3. The molecular weight excluding hydrogens is 362 g/mol. The van der Waals surface area contributed by atoms with Gasteiger partial charge in [0, 0.05) is 25.6 Å². The number of aromatic nitrogens is 3. The number of benzene rings is 1. The fourth-order valence-corrected chi connectivity index (χ4v) is 3.51. The molecule has 0 saturated carbocycles.